The third-order valence-corrected chi connectivity index (χ3v) is 5.61. The number of carbonyl (C=O) groups excluding carboxylic acids is 1. The Morgan fingerprint density at radius 2 is 1.00 bits per heavy atom. The molecule has 4 aliphatic rings. The molecular weight excluding hydrogens is 492 g/mol. The van der Waals surface area contributed by atoms with E-state index in [2.05, 4.69) is 13.8 Å². The fourth-order valence-electron chi connectivity index (χ4n) is 2.50. The zero-order valence-corrected chi connectivity index (χ0v) is 21.1. The maximum Gasteiger partial charge on any atom is 2.00 e. The van der Waals surface area contributed by atoms with Gasteiger partial charge in [0.1, 0.15) is 0 Å². The van der Waals surface area contributed by atoms with E-state index in [9.17, 15) is 4.79 Å². The van der Waals surface area contributed by atoms with Crippen molar-refractivity contribution in [3.05, 3.63) is 125 Å². The van der Waals surface area contributed by atoms with Gasteiger partial charge in [-0.1, -0.05) is 13.8 Å². The van der Waals surface area contributed by atoms with E-state index < -0.39 is 0 Å². The SMILES string of the molecule is CS[C]1[CH][CH][CH][C]1C(=O)[C]1[CH][CH][CH][C]1SC(C)C.[CH]1[CH][CH][CH][CH]1.[CH]1[CH][CH][CH][CH]1.[Fe+2].[Fe+2]. The summed E-state index contributed by atoms with van der Waals surface area (Å²) in [6.45, 7) is 4.28. The Morgan fingerprint density at radius 3 is 1.37 bits per heavy atom. The molecule has 0 amide bonds. The fraction of sp³-hybridized carbons (Fsp3) is 0.160. The molecule has 0 N–H and O–H groups in total. The molecule has 0 saturated heterocycles. The maximum atomic E-state index is 12.5. The first-order valence-electron chi connectivity index (χ1n) is 9.23. The molecule has 0 aromatic rings. The summed E-state index contributed by atoms with van der Waals surface area (Å²) in [6, 6.07) is 0. The quantitative estimate of drug-likeness (QED) is 0.444. The van der Waals surface area contributed by atoms with Crippen molar-refractivity contribution < 1.29 is 38.9 Å². The molecule has 0 unspecified atom stereocenters. The number of carbonyl (C=O) groups is 1. The van der Waals surface area contributed by atoms with Gasteiger partial charge in [0.05, 0.1) is 11.8 Å². The third kappa shape index (κ3) is 11.5. The van der Waals surface area contributed by atoms with E-state index >= 15 is 0 Å². The van der Waals surface area contributed by atoms with Gasteiger partial charge in [0, 0.05) is 10.5 Å². The largest absolute Gasteiger partial charge is 2.00 e. The van der Waals surface area contributed by atoms with Gasteiger partial charge in [-0.25, -0.2) is 0 Å². The summed E-state index contributed by atoms with van der Waals surface area (Å²) in [7, 11) is 0. The average molecular weight is 518 g/mol. The first-order valence-corrected chi connectivity index (χ1v) is 11.3. The Morgan fingerprint density at radius 1 is 0.633 bits per heavy atom. The van der Waals surface area contributed by atoms with Gasteiger partial charge in [0.15, 0.2) is 5.78 Å². The van der Waals surface area contributed by atoms with Crippen molar-refractivity contribution >= 4 is 29.3 Å². The molecular formula is C25H26Fe2OS2+4. The molecule has 1 nitrogen and oxygen atoms in total. The molecule has 30 heavy (non-hydrogen) atoms. The van der Waals surface area contributed by atoms with Crippen molar-refractivity contribution in [2.45, 2.75) is 19.1 Å². The molecule has 4 fully saturated rings. The van der Waals surface area contributed by atoms with Crippen LogP contribution in [0.4, 0.5) is 0 Å². The monoisotopic (exact) mass is 518 g/mol. The molecule has 0 bridgehead atoms. The molecule has 4 saturated carbocycles. The average Bonchev–Trinajstić information content (AvgIpc) is 3.51. The number of ketones is 1. The van der Waals surface area contributed by atoms with Crippen molar-refractivity contribution in [2.24, 2.45) is 0 Å². The summed E-state index contributed by atoms with van der Waals surface area (Å²) in [5.41, 5.74) is 0. The summed E-state index contributed by atoms with van der Waals surface area (Å²) in [6.07, 6.45) is 33.8. The van der Waals surface area contributed by atoms with Crippen molar-refractivity contribution in [3.8, 4) is 0 Å². The van der Waals surface area contributed by atoms with Gasteiger partial charge in [-0.15, -0.1) is 11.8 Å². The molecule has 0 spiro atoms. The van der Waals surface area contributed by atoms with Gasteiger partial charge in [-0.3, -0.25) is 4.79 Å². The Kier molecular flexibility index (Phi) is 19.7. The van der Waals surface area contributed by atoms with Crippen molar-refractivity contribution in [1.82, 2.24) is 0 Å². The van der Waals surface area contributed by atoms with Crippen LogP contribution in [-0.2, 0) is 38.9 Å². The summed E-state index contributed by atoms with van der Waals surface area (Å²) in [5, 5.41) is 2.63. The van der Waals surface area contributed by atoms with Crippen LogP contribution in [0.2, 0.25) is 0 Å². The first kappa shape index (κ1) is 31.4. The normalized spacial score (nSPS) is 22.7. The smallest absolute Gasteiger partial charge is 0.298 e. The summed E-state index contributed by atoms with van der Waals surface area (Å²) < 4.78 is 0. The molecule has 4 rings (SSSR count). The van der Waals surface area contributed by atoms with Crippen LogP contribution < -0.4 is 0 Å². The second kappa shape index (κ2) is 18.8. The minimum atomic E-state index is 0. The maximum absolute atomic E-state index is 12.5. The minimum absolute atomic E-state index is 0. The van der Waals surface area contributed by atoms with Crippen LogP contribution >= 0.6 is 23.5 Å². The second-order valence-corrected chi connectivity index (χ2v) is 8.70. The van der Waals surface area contributed by atoms with Crippen LogP contribution in [-0.4, -0.2) is 17.3 Å². The van der Waals surface area contributed by atoms with Crippen molar-refractivity contribution in [2.75, 3.05) is 6.26 Å². The summed E-state index contributed by atoms with van der Waals surface area (Å²) >= 11 is 3.36. The van der Waals surface area contributed by atoms with Crippen LogP contribution in [0.5, 0.6) is 0 Å². The standard InChI is InChI=1S/C15H16OS2.2C5H5.2Fe/c1-10(2)18-14-9-5-7-12(14)15(16)11-6-4-8-13(11)17-3;2*1-2-4-5-3-1;;/h4-10H,1-3H3;2*1-5H;;/q;;;2*+2. The van der Waals surface area contributed by atoms with E-state index in [0.29, 0.717) is 5.25 Å². The van der Waals surface area contributed by atoms with E-state index in [4.69, 9.17) is 0 Å². The van der Waals surface area contributed by atoms with Crippen LogP contribution in [0.1, 0.15) is 13.8 Å². The van der Waals surface area contributed by atoms with Crippen LogP contribution in [0.25, 0.3) is 0 Å². The van der Waals surface area contributed by atoms with Gasteiger partial charge in [0.2, 0.25) is 0 Å². The van der Waals surface area contributed by atoms with E-state index in [1.165, 1.54) is 0 Å². The number of thioether (sulfide) groups is 2. The summed E-state index contributed by atoms with van der Waals surface area (Å²) in [5.74, 6) is 1.78. The van der Waals surface area contributed by atoms with E-state index in [1.54, 1.807) is 23.5 Å². The number of hydrogen-bond donors (Lipinski definition) is 0. The van der Waals surface area contributed by atoms with Gasteiger partial charge in [-0.05, 0) is 114 Å². The van der Waals surface area contributed by atoms with Crippen molar-refractivity contribution in [3.63, 3.8) is 0 Å². The predicted octanol–water partition coefficient (Wildman–Crippen LogP) is 5.56. The minimum Gasteiger partial charge on any atom is -0.298 e. The molecule has 0 heterocycles. The second-order valence-electron chi connectivity index (χ2n) is 6.23. The van der Waals surface area contributed by atoms with E-state index in [0.717, 1.165) is 22.3 Å². The first-order chi connectivity index (χ1) is 13.6. The van der Waals surface area contributed by atoms with Crippen LogP contribution in [0.3, 0.4) is 0 Å². The molecule has 0 aromatic carbocycles. The molecule has 4 aliphatic carbocycles. The number of rotatable bonds is 5. The zero-order chi connectivity index (χ0) is 20.2. The van der Waals surface area contributed by atoms with E-state index in [1.807, 2.05) is 109 Å². The molecule has 156 valence electrons. The van der Waals surface area contributed by atoms with Gasteiger partial charge < -0.3 is 0 Å². The molecule has 0 aliphatic heterocycles. The molecule has 0 aromatic heterocycles. The fourth-order valence-corrected chi connectivity index (χ4v) is 4.05. The van der Waals surface area contributed by atoms with Crippen molar-refractivity contribution in [1.29, 1.82) is 0 Å². The Hall–Kier alpha value is 1.41. The zero-order valence-electron chi connectivity index (χ0n) is 17.2. The predicted molar refractivity (Wildman–Crippen MR) is 123 cm³/mol. The molecule has 20 radical (unpaired) electrons. The van der Waals surface area contributed by atoms with Gasteiger partial charge >= 0.3 is 34.1 Å². The summed E-state index contributed by atoms with van der Waals surface area (Å²) in [4.78, 5) is 12.5. The van der Waals surface area contributed by atoms with Gasteiger partial charge in [0.25, 0.3) is 0 Å². The molecule has 5 heteroatoms. The van der Waals surface area contributed by atoms with E-state index in [-0.39, 0.29) is 39.9 Å². The number of hydrogen-bond acceptors (Lipinski definition) is 3. The number of Topliss-reactive ketones (excluding diaryl/α,β-unsaturated/α-hetero) is 1. The van der Waals surface area contributed by atoms with Crippen LogP contribution in [0.15, 0.2) is 0 Å². The Bertz CT molecular complexity index is 400. The topological polar surface area (TPSA) is 17.1 Å². The Balaban J connectivity index is 0.000000575. The third-order valence-electron chi connectivity index (χ3n) is 3.73. The van der Waals surface area contributed by atoms with Crippen LogP contribution in [0, 0.1) is 125 Å². The van der Waals surface area contributed by atoms with Gasteiger partial charge in [-0.2, -0.15) is 11.8 Å². The molecule has 0 atom stereocenters. The Labute approximate surface area is 217 Å².